The highest BCUT2D eigenvalue weighted by molar-refractivity contribution is 7.81. The molecule has 3 rings (SSSR count). The molecule has 2 heterocycles. The molecule has 0 unspecified atom stereocenters. The Morgan fingerprint density at radius 2 is 1.91 bits per heavy atom. The van der Waals surface area contributed by atoms with Crippen LogP contribution in [0.3, 0.4) is 0 Å². The SMILES string of the molecule is O=c1cc[nH]c(C(=S)c2ccc(Cc3ccc(F)cc3)o2)c1O. The van der Waals surface area contributed by atoms with Gasteiger partial charge in [0.25, 0.3) is 0 Å². The summed E-state index contributed by atoms with van der Waals surface area (Å²) >= 11 is 5.26. The van der Waals surface area contributed by atoms with Crippen molar-refractivity contribution in [3.63, 3.8) is 0 Å². The number of halogens is 1. The van der Waals surface area contributed by atoms with Gasteiger partial charge in [-0.1, -0.05) is 24.4 Å². The van der Waals surface area contributed by atoms with Crippen LogP contribution in [0.25, 0.3) is 0 Å². The fraction of sp³-hybridized carbons (Fsp3) is 0.0588. The molecule has 0 aliphatic rings. The zero-order valence-corrected chi connectivity index (χ0v) is 12.7. The van der Waals surface area contributed by atoms with E-state index in [-0.39, 0.29) is 16.4 Å². The lowest BCUT2D eigenvalue weighted by Gasteiger charge is -2.03. The van der Waals surface area contributed by atoms with Crippen molar-refractivity contribution in [1.29, 1.82) is 0 Å². The zero-order valence-electron chi connectivity index (χ0n) is 11.9. The molecule has 0 saturated carbocycles. The van der Waals surface area contributed by atoms with E-state index >= 15 is 0 Å². The number of aromatic amines is 1. The molecule has 0 aliphatic heterocycles. The Bertz CT molecular complexity index is 912. The predicted octanol–water partition coefficient (Wildman–Crippen LogP) is 3.17. The van der Waals surface area contributed by atoms with Crippen LogP contribution in [0.5, 0.6) is 5.75 Å². The van der Waals surface area contributed by atoms with Crippen LogP contribution in [0.4, 0.5) is 4.39 Å². The molecule has 116 valence electrons. The molecule has 23 heavy (non-hydrogen) atoms. The van der Waals surface area contributed by atoms with Gasteiger partial charge in [-0.3, -0.25) is 4.79 Å². The van der Waals surface area contributed by atoms with E-state index in [9.17, 15) is 14.3 Å². The number of aromatic nitrogens is 1. The molecule has 0 aliphatic carbocycles. The van der Waals surface area contributed by atoms with Crippen LogP contribution in [0, 0.1) is 5.82 Å². The smallest absolute Gasteiger partial charge is 0.223 e. The van der Waals surface area contributed by atoms with Crippen molar-refractivity contribution in [2.45, 2.75) is 6.42 Å². The molecular weight excluding hydrogens is 317 g/mol. The molecule has 0 fully saturated rings. The van der Waals surface area contributed by atoms with Crippen LogP contribution in [-0.2, 0) is 6.42 Å². The lowest BCUT2D eigenvalue weighted by molar-refractivity contribution is 0.465. The number of aromatic hydroxyl groups is 1. The van der Waals surface area contributed by atoms with Gasteiger partial charge in [0.1, 0.15) is 27.9 Å². The summed E-state index contributed by atoms with van der Waals surface area (Å²) in [6, 6.07) is 10.8. The van der Waals surface area contributed by atoms with Crippen LogP contribution in [-0.4, -0.2) is 15.0 Å². The minimum absolute atomic E-state index is 0.148. The van der Waals surface area contributed by atoms with Gasteiger partial charge in [-0.2, -0.15) is 0 Å². The quantitative estimate of drug-likeness (QED) is 0.570. The Labute approximate surface area is 136 Å². The van der Waals surface area contributed by atoms with Crippen molar-refractivity contribution in [2.24, 2.45) is 0 Å². The topological polar surface area (TPSA) is 66.2 Å². The van der Waals surface area contributed by atoms with Crippen molar-refractivity contribution in [1.82, 2.24) is 4.98 Å². The number of H-pyrrole nitrogens is 1. The summed E-state index contributed by atoms with van der Waals surface area (Å²) in [5.74, 6) is 0.286. The van der Waals surface area contributed by atoms with Crippen molar-refractivity contribution in [3.8, 4) is 5.75 Å². The number of nitrogens with one attached hydrogen (secondary N) is 1. The number of furan rings is 1. The average molecular weight is 329 g/mol. The van der Waals surface area contributed by atoms with E-state index in [0.29, 0.717) is 17.9 Å². The highest BCUT2D eigenvalue weighted by Crippen LogP contribution is 2.19. The normalized spacial score (nSPS) is 10.7. The second kappa shape index (κ2) is 6.18. The Balaban J connectivity index is 1.84. The fourth-order valence-electron chi connectivity index (χ4n) is 2.17. The minimum Gasteiger partial charge on any atom is -0.503 e. The van der Waals surface area contributed by atoms with Crippen molar-refractivity contribution < 1.29 is 13.9 Å². The van der Waals surface area contributed by atoms with Gasteiger partial charge in [0.15, 0.2) is 5.75 Å². The van der Waals surface area contributed by atoms with Gasteiger partial charge in [0.2, 0.25) is 5.43 Å². The molecule has 1 aromatic carbocycles. The Kier molecular flexibility index (Phi) is 4.08. The first-order valence-corrected chi connectivity index (χ1v) is 7.24. The van der Waals surface area contributed by atoms with Crippen LogP contribution in [0.15, 0.2) is 57.9 Å². The maximum Gasteiger partial charge on any atom is 0.223 e. The van der Waals surface area contributed by atoms with E-state index in [0.717, 1.165) is 5.56 Å². The highest BCUT2D eigenvalue weighted by atomic mass is 32.1. The number of benzene rings is 1. The van der Waals surface area contributed by atoms with E-state index in [4.69, 9.17) is 16.6 Å². The van der Waals surface area contributed by atoms with Crippen LogP contribution < -0.4 is 5.43 Å². The van der Waals surface area contributed by atoms with Gasteiger partial charge in [-0.05, 0) is 29.8 Å². The summed E-state index contributed by atoms with van der Waals surface area (Å²) < 4.78 is 18.6. The predicted molar refractivity (Wildman–Crippen MR) is 87.4 cm³/mol. The van der Waals surface area contributed by atoms with Gasteiger partial charge < -0.3 is 14.5 Å². The fourth-order valence-corrected chi connectivity index (χ4v) is 2.43. The zero-order chi connectivity index (χ0) is 16.4. The summed E-state index contributed by atoms with van der Waals surface area (Å²) in [6.07, 6.45) is 1.90. The lowest BCUT2D eigenvalue weighted by atomic mass is 10.1. The van der Waals surface area contributed by atoms with Gasteiger partial charge in [-0.15, -0.1) is 0 Å². The molecule has 0 atom stereocenters. The molecule has 6 heteroatoms. The molecule has 0 saturated heterocycles. The average Bonchev–Trinajstić information content (AvgIpc) is 3.00. The molecule has 0 spiro atoms. The maximum atomic E-state index is 12.9. The van der Waals surface area contributed by atoms with E-state index in [1.807, 2.05) is 0 Å². The molecule has 2 aromatic heterocycles. The Morgan fingerprint density at radius 3 is 2.65 bits per heavy atom. The third kappa shape index (κ3) is 3.22. The van der Waals surface area contributed by atoms with Gasteiger partial charge in [-0.25, -0.2) is 4.39 Å². The number of thiocarbonyl (C=S) groups is 1. The van der Waals surface area contributed by atoms with Gasteiger partial charge in [0.05, 0.1) is 0 Å². The second-order valence-corrected chi connectivity index (χ2v) is 5.37. The molecule has 0 radical (unpaired) electrons. The minimum atomic E-state index is -0.515. The Morgan fingerprint density at radius 1 is 1.17 bits per heavy atom. The van der Waals surface area contributed by atoms with Gasteiger partial charge >= 0.3 is 0 Å². The van der Waals surface area contributed by atoms with Crippen LogP contribution >= 0.6 is 12.2 Å². The molecule has 2 N–H and O–H groups in total. The summed E-state index contributed by atoms with van der Waals surface area (Å²) in [5, 5.41) is 9.79. The monoisotopic (exact) mass is 329 g/mol. The largest absolute Gasteiger partial charge is 0.503 e. The number of pyridine rings is 1. The van der Waals surface area contributed by atoms with Crippen LogP contribution in [0.2, 0.25) is 0 Å². The first kappa shape index (κ1) is 15.2. The highest BCUT2D eigenvalue weighted by Gasteiger charge is 2.15. The van der Waals surface area contributed by atoms with E-state index in [2.05, 4.69) is 4.98 Å². The first-order chi connectivity index (χ1) is 11.0. The van der Waals surface area contributed by atoms with Crippen molar-refractivity contribution >= 4 is 17.1 Å². The number of rotatable bonds is 4. The third-order valence-corrected chi connectivity index (χ3v) is 3.74. The maximum absolute atomic E-state index is 12.9. The standard InChI is InChI=1S/C17H12FNO3S/c18-11-3-1-10(2-4-11)9-12-5-6-14(22-12)17(23)15-16(21)13(20)7-8-19-15/h1-8,21H,9H2,(H,19,20). The summed E-state index contributed by atoms with van der Waals surface area (Å²) in [4.78, 5) is 14.4. The summed E-state index contributed by atoms with van der Waals surface area (Å²) in [7, 11) is 0. The van der Waals surface area contributed by atoms with Crippen molar-refractivity contribution in [3.05, 3.63) is 87.5 Å². The summed E-state index contributed by atoms with van der Waals surface area (Å²) in [6.45, 7) is 0. The van der Waals surface area contributed by atoms with Crippen LogP contribution in [0.1, 0.15) is 22.8 Å². The van der Waals surface area contributed by atoms with Crippen molar-refractivity contribution in [2.75, 3.05) is 0 Å². The number of hydrogen-bond acceptors (Lipinski definition) is 4. The third-order valence-electron chi connectivity index (χ3n) is 3.34. The Hall–Kier alpha value is -2.73. The summed E-state index contributed by atoms with van der Waals surface area (Å²) in [5.41, 5.74) is 0.531. The lowest BCUT2D eigenvalue weighted by Crippen LogP contribution is -2.09. The number of hydrogen-bond donors (Lipinski definition) is 2. The van der Waals surface area contributed by atoms with E-state index in [1.165, 1.54) is 24.4 Å². The second-order valence-electron chi connectivity index (χ2n) is 4.96. The molecule has 0 amide bonds. The molecule has 4 nitrogen and oxygen atoms in total. The molecule has 0 bridgehead atoms. The van der Waals surface area contributed by atoms with E-state index < -0.39 is 11.2 Å². The molecule has 3 aromatic rings. The van der Waals surface area contributed by atoms with Gasteiger partial charge in [0, 0.05) is 18.7 Å². The first-order valence-electron chi connectivity index (χ1n) is 6.83. The van der Waals surface area contributed by atoms with E-state index in [1.54, 1.807) is 24.3 Å². The molecular formula is C17H12FNO3S.